The van der Waals surface area contributed by atoms with Crippen LogP contribution in [0.25, 0.3) is 0 Å². The van der Waals surface area contributed by atoms with Crippen molar-refractivity contribution in [3.63, 3.8) is 0 Å². The van der Waals surface area contributed by atoms with E-state index in [0.717, 1.165) is 0 Å². The Labute approximate surface area is 63.2 Å². The second kappa shape index (κ2) is 2.27. The third kappa shape index (κ3) is 1.09. The normalized spacial score (nSPS) is 9.70. The van der Waals surface area contributed by atoms with Crippen molar-refractivity contribution in [2.45, 2.75) is 0 Å². The Bertz CT molecular complexity index is 212. The molecule has 0 saturated carbocycles. The molecule has 5 N–H and O–H groups in total. The quantitative estimate of drug-likeness (QED) is 0.393. The van der Waals surface area contributed by atoms with E-state index in [1.54, 1.807) is 0 Å². The predicted molar refractivity (Wildman–Crippen MR) is 41.9 cm³/mol. The molecule has 1 rings (SSSR count). The molecule has 0 atom stereocenters. The van der Waals surface area contributed by atoms with Crippen molar-refractivity contribution >= 4 is 23.0 Å². The van der Waals surface area contributed by atoms with Crippen molar-refractivity contribution in [2.75, 3.05) is 11.5 Å². The van der Waals surface area contributed by atoms with Crippen LogP contribution in [0.2, 0.25) is 5.02 Å². The zero-order valence-electron chi connectivity index (χ0n) is 5.13. The molecular weight excluding hydrogens is 152 g/mol. The average molecular weight is 159 g/mol. The van der Waals surface area contributed by atoms with Gasteiger partial charge in [-0.1, -0.05) is 11.6 Å². The van der Waals surface area contributed by atoms with Crippen LogP contribution in [0.4, 0.5) is 11.4 Å². The van der Waals surface area contributed by atoms with Crippen LogP contribution >= 0.6 is 11.6 Å². The van der Waals surface area contributed by atoms with E-state index in [4.69, 9.17) is 28.2 Å². The van der Waals surface area contributed by atoms with Crippen molar-refractivity contribution < 1.29 is 5.11 Å². The molecule has 0 saturated heterocycles. The Morgan fingerprint density at radius 1 is 1.20 bits per heavy atom. The van der Waals surface area contributed by atoms with Crippen LogP contribution in [0.15, 0.2) is 12.1 Å². The van der Waals surface area contributed by atoms with E-state index in [-0.39, 0.29) is 11.4 Å². The molecule has 10 heavy (non-hydrogen) atoms. The summed E-state index contributed by atoms with van der Waals surface area (Å²) in [6, 6.07) is 2.73. The summed E-state index contributed by atoms with van der Waals surface area (Å²) < 4.78 is 0. The first-order valence-electron chi connectivity index (χ1n) is 2.64. The Kier molecular flexibility index (Phi) is 1.59. The topological polar surface area (TPSA) is 72.3 Å². The van der Waals surface area contributed by atoms with Crippen molar-refractivity contribution in [1.82, 2.24) is 0 Å². The molecule has 1 aromatic rings. The highest BCUT2D eigenvalue weighted by Gasteiger charge is 2.00. The van der Waals surface area contributed by atoms with E-state index in [1.165, 1.54) is 12.1 Å². The van der Waals surface area contributed by atoms with Gasteiger partial charge in [0.2, 0.25) is 0 Å². The number of nitrogen functional groups attached to an aromatic ring is 2. The molecule has 54 valence electrons. The number of anilines is 2. The van der Waals surface area contributed by atoms with Gasteiger partial charge in [0, 0.05) is 6.07 Å². The van der Waals surface area contributed by atoms with Gasteiger partial charge >= 0.3 is 0 Å². The third-order valence-electron chi connectivity index (χ3n) is 1.15. The van der Waals surface area contributed by atoms with Gasteiger partial charge in [-0.05, 0) is 6.07 Å². The molecule has 0 aromatic heterocycles. The third-order valence-corrected chi connectivity index (χ3v) is 1.47. The maximum Gasteiger partial charge on any atom is 0.140 e. The molecule has 0 aliphatic carbocycles. The number of phenols is 1. The number of rotatable bonds is 0. The minimum atomic E-state index is -0.0399. The maximum absolute atomic E-state index is 8.96. The highest BCUT2D eigenvalue weighted by molar-refractivity contribution is 6.33. The number of halogens is 1. The fraction of sp³-hybridized carbons (Fsp3) is 0. The van der Waals surface area contributed by atoms with E-state index < -0.39 is 0 Å². The Morgan fingerprint density at radius 3 is 2.30 bits per heavy atom. The van der Waals surface area contributed by atoms with E-state index in [0.29, 0.717) is 10.7 Å². The summed E-state index contributed by atoms with van der Waals surface area (Å²) in [5, 5.41) is 9.32. The zero-order chi connectivity index (χ0) is 7.72. The Hall–Kier alpha value is -1.09. The summed E-state index contributed by atoms with van der Waals surface area (Å²) in [6.45, 7) is 0. The Morgan fingerprint density at radius 2 is 1.80 bits per heavy atom. The summed E-state index contributed by atoms with van der Waals surface area (Å²) in [5.41, 5.74) is 11.2. The second-order valence-electron chi connectivity index (χ2n) is 1.93. The van der Waals surface area contributed by atoms with Gasteiger partial charge in [0.05, 0.1) is 16.4 Å². The number of phenolic OH excluding ortho intramolecular Hbond substituents is 1. The highest BCUT2D eigenvalue weighted by atomic mass is 35.5. The second-order valence-corrected chi connectivity index (χ2v) is 2.34. The first-order chi connectivity index (χ1) is 4.61. The van der Waals surface area contributed by atoms with Crippen molar-refractivity contribution in [2.24, 2.45) is 0 Å². The number of hydrogen-bond donors (Lipinski definition) is 3. The van der Waals surface area contributed by atoms with Gasteiger partial charge in [-0.15, -0.1) is 0 Å². The molecular formula is C6H7ClN2O. The number of nitrogens with two attached hydrogens (primary N) is 2. The average Bonchev–Trinajstić information content (AvgIpc) is 1.84. The first kappa shape index (κ1) is 7.02. The fourth-order valence-corrected chi connectivity index (χ4v) is 0.765. The van der Waals surface area contributed by atoms with Gasteiger partial charge in [0.25, 0.3) is 0 Å². The lowest BCUT2D eigenvalue weighted by Crippen LogP contribution is -1.90. The zero-order valence-corrected chi connectivity index (χ0v) is 5.89. The lowest BCUT2D eigenvalue weighted by molar-refractivity contribution is 0.478. The SMILES string of the molecule is Nc1cc(Cl)c(N)cc1O. The van der Waals surface area contributed by atoms with Gasteiger partial charge in [-0.2, -0.15) is 0 Å². The molecule has 0 amide bonds. The molecule has 0 fully saturated rings. The van der Waals surface area contributed by atoms with Crippen LogP contribution in [-0.4, -0.2) is 5.11 Å². The number of benzene rings is 1. The van der Waals surface area contributed by atoms with Crippen LogP contribution in [0.3, 0.4) is 0 Å². The molecule has 0 unspecified atom stereocenters. The van der Waals surface area contributed by atoms with Gasteiger partial charge in [-0.25, -0.2) is 0 Å². The minimum absolute atomic E-state index is 0.0399. The minimum Gasteiger partial charge on any atom is -0.506 e. The molecule has 0 aliphatic heterocycles. The summed E-state index contributed by atoms with van der Waals surface area (Å²) in [4.78, 5) is 0. The molecule has 3 nitrogen and oxygen atoms in total. The van der Waals surface area contributed by atoms with Crippen molar-refractivity contribution in [1.29, 1.82) is 0 Å². The van der Waals surface area contributed by atoms with Crippen LogP contribution in [0.1, 0.15) is 0 Å². The van der Waals surface area contributed by atoms with Crippen molar-refractivity contribution in [3.8, 4) is 5.75 Å². The van der Waals surface area contributed by atoms with E-state index in [2.05, 4.69) is 0 Å². The van der Waals surface area contributed by atoms with Crippen molar-refractivity contribution in [3.05, 3.63) is 17.2 Å². The van der Waals surface area contributed by atoms with Crippen LogP contribution < -0.4 is 11.5 Å². The largest absolute Gasteiger partial charge is 0.506 e. The van der Waals surface area contributed by atoms with Crippen LogP contribution in [0, 0.1) is 0 Å². The smallest absolute Gasteiger partial charge is 0.140 e. The lowest BCUT2D eigenvalue weighted by atomic mass is 10.2. The molecule has 0 spiro atoms. The maximum atomic E-state index is 8.96. The standard InChI is InChI=1S/C6H7ClN2O/c7-3-1-5(9)6(10)2-4(3)8/h1-2,10H,8-9H2. The van der Waals surface area contributed by atoms with Gasteiger partial charge in [-0.3, -0.25) is 0 Å². The number of hydrogen-bond acceptors (Lipinski definition) is 3. The lowest BCUT2D eigenvalue weighted by Gasteiger charge is -2.01. The van der Waals surface area contributed by atoms with Gasteiger partial charge in [0.1, 0.15) is 5.75 Å². The molecule has 4 heteroatoms. The molecule has 0 radical (unpaired) electrons. The van der Waals surface area contributed by atoms with E-state index >= 15 is 0 Å². The summed E-state index contributed by atoms with van der Waals surface area (Å²) >= 11 is 5.57. The summed E-state index contributed by atoms with van der Waals surface area (Å²) in [7, 11) is 0. The van der Waals surface area contributed by atoms with E-state index in [1.807, 2.05) is 0 Å². The monoisotopic (exact) mass is 158 g/mol. The van der Waals surface area contributed by atoms with Crippen LogP contribution in [-0.2, 0) is 0 Å². The van der Waals surface area contributed by atoms with Gasteiger partial charge < -0.3 is 16.6 Å². The first-order valence-corrected chi connectivity index (χ1v) is 3.02. The Balaban J connectivity index is 3.28. The van der Waals surface area contributed by atoms with Crippen LogP contribution in [0.5, 0.6) is 5.75 Å². The van der Waals surface area contributed by atoms with Gasteiger partial charge in [0.15, 0.2) is 0 Å². The molecule has 0 aliphatic rings. The summed E-state index contributed by atoms with van der Waals surface area (Å²) in [5.74, 6) is -0.0399. The molecule has 0 heterocycles. The van der Waals surface area contributed by atoms with E-state index in [9.17, 15) is 0 Å². The number of aromatic hydroxyl groups is 1. The highest BCUT2D eigenvalue weighted by Crippen LogP contribution is 2.29. The molecule has 1 aromatic carbocycles. The predicted octanol–water partition coefficient (Wildman–Crippen LogP) is 1.21. The molecule has 0 bridgehead atoms. The fourth-order valence-electron chi connectivity index (χ4n) is 0.593. The summed E-state index contributed by atoms with van der Waals surface area (Å²) in [6.07, 6.45) is 0.